The summed E-state index contributed by atoms with van der Waals surface area (Å²) >= 11 is 0. The molecule has 0 saturated carbocycles. The number of hydrogen-bond donors (Lipinski definition) is 0. The topological polar surface area (TPSA) is 67.8 Å². The summed E-state index contributed by atoms with van der Waals surface area (Å²) in [7, 11) is 1.75. The molecule has 7 nitrogen and oxygen atoms in total. The molecule has 2 saturated heterocycles. The molecule has 0 spiro atoms. The standard InChI is InChI=1S/C23H32N4O3/c1-4-30-19-7-8-21-20(14-19)16(2)24-23(25-21)27-11-5-6-17(15-27)22(28)26-12-9-18(29-3)10-13-26/h7-8,14,17-18H,4-6,9-13,15H2,1-3H3/t17-/m0/s1. The van der Waals surface area contributed by atoms with E-state index in [9.17, 15) is 4.79 Å². The molecule has 0 N–H and O–H groups in total. The van der Waals surface area contributed by atoms with E-state index in [-0.39, 0.29) is 17.9 Å². The van der Waals surface area contributed by atoms with Gasteiger partial charge >= 0.3 is 0 Å². The molecule has 2 aliphatic heterocycles. The number of likely N-dealkylation sites (tertiary alicyclic amines) is 1. The van der Waals surface area contributed by atoms with E-state index in [4.69, 9.17) is 19.4 Å². The van der Waals surface area contributed by atoms with Crippen molar-refractivity contribution in [3.63, 3.8) is 0 Å². The second-order valence-corrected chi connectivity index (χ2v) is 8.27. The molecule has 1 amide bonds. The Kier molecular flexibility index (Phi) is 6.37. The molecule has 0 aliphatic carbocycles. The van der Waals surface area contributed by atoms with Crippen molar-refractivity contribution in [3.8, 4) is 5.75 Å². The molecule has 30 heavy (non-hydrogen) atoms. The zero-order chi connectivity index (χ0) is 21.1. The summed E-state index contributed by atoms with van der Waals surface area (Å²) in [5, 5.41) is 1.01. The van der Waals surface area contributed by atoms with Crippen LogP contribution in [0.15, 0.2) is 18.2 Å². The predicted molar refractivity (Wildman–Crippen MR) is 117 cm³/mol. The number of hydrogen-bond acceptors (Lipinski definition) is 6. The molecule has 162 valence electrons. The number of aryl methyl sites for hydroxylation is 1. The van der Waals surface area contributed by atoms with E-state index in [1.165, 1.54) is 0 Å². The number of rotatable bonds is 5. The van der Waals surface area contributed by atoms with Gasteiger partial charge < -0.3 is 19.3 Å². The molecule has 0 radical (unpaired) electrons. The average molecular weight is 413 g/mol. The molecule has 2 aliphatic rings. The summed E-state index contributed by atoms with van der Waals surface area (Å²) in [5.41, 5.74) is 1.85. The van der Waals surface area contributed by atoms with Gasteiger partial charge in [-0.3, -0.25) is 4.79 Å². The minimum absolute atomic E-state index is 0.0118. The third-order valence-corrected chi connectivity index (χ3v) is 6.30. The van der Waals surface area contributed by atoms with Crippen molar-refractivity contribution in [2.45, 2.75) is 45.6 Å². The second kappa shape index (κ2) is 9.16. The van der Waals surface area contributed by atoms with Crippen molar-refractivity contribution in [2.75, 3.05) is 44.8 Å². The number of piperidine rings is 2. The molecule has 0 bridgehead atoms. The summed E-state index contributed by atoms with van der Waals surface area (Å²) in [5.74, 6) is 1.84. The van der Waals surface area contributed by atoms with Crippen LogP contribution in [0.4, 0.5) is 5.95 Å². The van der Waals surface area contributed by atoms with Crippen LogP contribution in [-0.4, -0.2) is 66.8 Å². The van der Waals surface area contributed by atoms with E-state index in [0.717, 1.165) is 73.6 Å². The molecule has 0 unspecified atom stereocenters. The average Bonchev–Trinajstić information content (AvgIpc) is 2.79. The van der Waals surface area contributed by atoms with Gasteiger partial charge in [-0.05, 0) is 57.7 Å². The minimum atomic E-state index is 0.0118. The van der Waals surface area contributed by atoms with E-state index in [1.54, 1.807) is 7.11 Å². The Labute approximate surface area is 178 Å². The lowest BCUT2D eigenvalue weighted by Crippen LogP contribution is -2.48. The van der Waals surface area contributed by atoms with Crippen molar-refractivity contribution in [3.05, 3.63) is 23.9 Å². The van der Waals surface area contributed by atoms with Crippen LogP contribution in [0.3, 0.4) is 0 Å². The normalized spacial score (nSPS) is 20.6. The van der Waals surface area contributed by atoms with Crippen LogP contribution in [0.5, 0.6) is 5.75 Å². The van der Waals surface area contributed by atoms with E-state index in [1.807, 2.05) is 36.9 Å². The van der Waals surface area contributed by atoms with Crippen molar-refractivity contribution in [1.82, 2.24) is 14.9 Å². The maximum absolute atomic E-state index is 13.1. The molecular weight excluding hydrogens is 380 g/mol. The zero-order valence-electron chi connectivity index (χ0n) is 18.3. The van der Waals surface area contributed by atoms with E-state index in [2.05, 4.69) is 4.90 Å². The SMILES string of the molecule is CCOc1ccc2nc(N3CCC[C@H](C(=O)N4CCC(OC)CC4)C3)nc(C)c2c1. The molecule has 7 heteroatoms. The number of nitrogens with zero attached hydrogens (tertiary/aromatic N) is 4. The van der Waals surface area contributed by atoms with Gasteiger partial charge in [0.2, 0.25) is 11.9 Å². The van der Waals surface area contributed by atoms with Crippen molar-refractivity contribution in [1.29, 1.82) is 0 Å². The first kappa shape index (κ1) is 20.8. The smallest absolute Gasteiger partial charge is 0.227 e. The van der Waals surface area contributed by atoms with E-state index in [0.29, 0.717) is 13.2 Å². The van der Waals surface area contributed by atoms with Gasteiger partial charge in [-0.15, -0.1) is 0 Å². The van der Waals surface area contributed by atoms with Gasteiger partial charge in [0.1, 0.15) is 5.75 Å². The number of carbonyl (C=O) groups excluding carboxylic acids is 1. The van der Waals surface area contributed by atoms with E-state index >= 15 is 0 Å². The van der Waals surface area contributed by atoms with Crippen LogP contribution in [0.25, 0.3) is 10.9 Å². The first-order valence-corrected chi connectivity index (χ1v) is 11.1. The highest BCUT2D eigenvalue weighted by Crippen LogP contribution is 2.27. The van der Waals surface area contributed by atoms with Gasteiger partial charge in [0.15, 0.2) is 0 Å². The van der Waals surface area contributed by atoms with Crippen molar-refractivity contribution >= 4 is 22.8 Å². The highest BCUT2D eigenvalue weighted by atomic mass is 16.5. The van der Waals surface area contributed by atoms with E-state index < -0.39 is 0 Å². The maximum Gasteiger partial charge on any atom is 0.227 e. The number of ether oxygens (including phenoxy) is 2. The first-order chi connectivity index (χ1) is 14.6. The fourth-order valence-corrected chi connectivity index (χ4v) is 4.57. The predicted octanol–water partition coefficient (Wildman–Crippen LogP) is 3.19. The van der Waals surface area contributed by atoms with Gasteiger partial charge in [0.05, 0.1) is 29.8 Å². The summed E-state index contributed by atoms with van der Waals surface area (Å²) in [6, 6.07) is 5.95. The van der Waals surface area contributed by atoms with Crippen molar-refractivity contribution in [2.24, 2.45) is 5.92 Å². The van der Waals surface area contributed by atoms with Gasteiger partial charge in [-0.1, -0.05) is 0 Å². The number of fused-ring (bicyclic) bond motifs is 1. The number of benzene rings is 1. The largest absolute Gasteiger partial charge is 0.494 e. The quantitative estimate of drug-likeness (QED) is 0.751. The lowest BCUT2D eigenvalue weighted by Gasteiger charge is -2.37. The third-order valence-electron chi connectivity index (χ3n) is 6.30. The van der Waals surface area contributed by atoms with Crippen LogP contribution in [0.1, 0.15) is 38.3 Å². The van der Waals surface area contributed by atoms with Crippen LogP contribution in [0.2, 0.25) is 0 Å². The summed E-state index contributed by atoms with van der Waals surface area (Å²) < 4.78 is 11.0. The molecule has 2 aromatic rings. The first-order valence-electron chi connectivity index (χ1n) is 11.1. The number of amides is 1. The minimum Gasteiger partial charge on any atom is -0.494 e. The monoisotopic (exact) mass is 412 g/mol. The van der Waals surface area contributed by atoms with Gasteiger partial charge in [0.25, 0.3) is 0 Å². The van der Waals surface area contributed by atoms with Crippen LogP contribution in [0, 0.1) is 12.8 Å². The summed E-state index contributed by atoms with van der Waals surface area (Å²) in [4.78, 5) is 26.9. The number of carbonyl (C=O) groups is 1. The molecule has 1 aromatic heterocycles. The lowest BCUT2D eigenvalue weighted by atomic mass is 9.95. The summed E-state index contributed by atoms with van der Waals surface area (Å²) in [6.07, 6.45) is 4.05. The highest BCUT2D eigenvalue weighted by Gasteiger charge is 2.32. The Morgan fingerprint density at radius 3 is 2.70 bits per heavy atom. The van der Waals surface area contributed by atoms with Gasteiger partial charge in [0, 0.05) is 38.7 Å². The Bertz CT molecular complexity index is 895. The van der Waals surface area contributed by atoms with Gasteiger partial charge in [-0.2, -0.15) is 0 Å². The maximum atomic E-state index is 13.1. The molecule has 4 rings (SSSR count). The molecule has 3 heterocycles. The lowest BCUT2D eigenvalue weighted by molar-refractivity contribution is -0.138. The fraction of sp³-hybridized carbons (Fsp3) is 0.609. The molecule has 2 fully saturated rings. The van der Waals surface area contributed by atoms with Crippen LogP contribution in [-0.2, 0) is 9.53 Å². The molecule has 1 atom stereocenters. The number of aromatic nitrogens is 2. The Morgan fingerprint density at radius 1 is 1.17 bits per heavy atom. The van der Waals surface area contributed by atoms with Crippen LogP contribution < -0.4 is 9.64 Å². The van der Waals surface area contributed by atoms with Crippen molar-refractivity contribution < 1.29 is 14.3 Å². The Morgan fingerprint density at radius 2 is 1.97 bits per heavy atom. The number of methoxy groups -OCH3 is 1. The number of anilines is 1. The third kappa shape index (κ3) is 4.36. The zero-order valence-corrected chi connectivity index (χ0v) is 18.3. The Hall–Kier alpha value is -2.41. The van der Waals surface area contributed by atoms with Crippen LogP contribution >= 0.6 is 0 Å². The second-order valence-electron chi connectivity index (χ2n) is 8.27. The fourth-order valence-electron chi connectivity index (χ4n) is 4.57. The Balaban J connectivity index is 1.48. The van der Waals surface area contributed by atoms with Gasteiger partial charge in [-0.25, -0.2) is 9.97 Å². The molecule has 1 aromatic carbocycles. The molecular formula is C23H32N4O3. The highest BCUT2D eigenvalue weighted by molar-refractivity contribution is 5.83. The summed E-state index contributed by atoms with van der Waals surface area (Å²) in [6.45, 7) is 7.78.